The number of carbonyl (C=O) groups is 3. The third-order valence-electron chi connectivity index (χ3n) is 11.1. The molecule has 0 amide bonds. The van der Waals surface area contributed by atoms with Crippen LogP contribution in [0.1, 0.15) is 226 Å². The second kappa shape index (κ2) is 41.5. The lowest BCUT2D eigenvalue weighted by molar-refractivity contribution is -0.887. The summed E-state index contributed by atoms with van der Waals surface area (Å²) in [5, 5.41) is 9.63. The summed E-state index contributed by atoms with van der Waals surface area (Å²) in [6.07, 6.45) is 46.5. The topological polar surface area (TPSA) is 99.1 Å². The maximum Gasteiger partial charge on any atom is 0.362 e. The van der Waals surface area contributed by atoms with Gasteiger partial charge in [-0.15, -0.1) is 0 Å². The first kappa shape index (κ1) is 55.8. The third-order valence-corrected chi connectivity index (χ3v) is 11.1. The Bertz CT molecular complexity index is 1000. The quantitative estimate of drug-likeness (QED) is 0.0283. The Kier molecular flexibility index (Phi) is 40.0. The molecule has 0 saturated heterocycles. The Morgan fingerprint density at radius 3 is 1.33 bits per heavy atom. The van der Waals surface area contributed by atoms with Gasteiger partial charge in [0.15, 0.2) is 12.1 Å². The van der Waals surface area contributed by atoms with Crippen LogP contribution in [0.25, 0.3) is 0 Å². The van der Waals surface area contributed by atoms with Crippen molar-refractivity contribution in [3.63, 3.8) is 0 Å². The van der Waals surface area contributed by atoms with Gasteiger partial charge in [-0.25, -0.2) is 4.79 Å². The van der Waals surface area contributed by atoms with E-state index < -0.39 is 18.1 Å². The molecule has 0 fully saturated rings. The zero-order chi connectivity index (χ0) is 42.8. The lowest BCUT2D eigenvalue weighted by atomic mass is 10.1. The minimum atomic E-state index is -0.874. The van der Waals surface area contributed by atoms with E-state index in [2.05, 4.69) is 38.2 Å². The van der Waals surface area contributed by atoms with Crippen LogP contribution in [0.5, 0.6) is 0 Å². The van der Waals surface area contributed by atoms with Crippen molar-refractivity contribution in [1.82, 2.24) is 0 Å². The highest BCUT2D eigenvalue weighted by Crippen LogP contribution is 2.15. The maximum absolute atomic E-state index is 12.8. The molecule has 0 radical (unpaired) electrons. The van der Waals surface area contributed by atoms with Gasteiger partial charge in [-0.05, 0) is 44.9 Å². The first-order valence-electron chi connectivity index (χ1n) is 24.4. The highest BCUT2D eigenvalue weighted by Gasteiger charge is 2.31. The first-order chi connectivity index (χ1) is 28.1. The van der Waals surface area contributed by atoms with Gasteiger partial charge >= 0.3 is 17.9 Å². The zero-order valence-corrected chi connectivity index (χ0v) is 38.8. The summed E-state index contributed by atoms with van der Waals surface area (Å²) in [5.74, 6) is -1.47. The van der Waals surface area contributed by atoms with Crippen LogP contribution in [0.2, 0.25) is 0 Å². The molecule has 8 nitrogen and oxygen atoms in total. The molecule has 0 saturated carbocycles. The van der Waals surface area contributed by atoms with Crippen molar-refractivity contribution in [2.75, 3.05) is 41.0 Å². The van der Waals surface area contributed by atoms with Crippen molar-refractivity contribution >= 4 is 17.9 Å². The monoisotopic (exact) mass is 821 g/mol. The van der Waals surface area contributed by atoms with Crippen LogP contribution < -0.4 is 0 Å². The summed E-state index contributed by atoms with van der Waals surface area (Å²) in [4.78, 5) is 37.0. The second-order valence-electron chi connectivity index (χ2n) is 17.7. The van der Waals surface area contributed by atoms with Crippen molar-refractivity contribution in [3.8, 4) is 0 Å². The normalized spacial score (nSPS) is 13.1. The van der Waals surface area contributed by atoms with Crippen LogP contribution in [0.15, 0.2) is 24.3 Å². The van der Waals surface area contributed by atoms with Gasteiger partial charge in [-0.1, -0.05) is 186 Å². The number of hydrogen-bond donors (Lipinski definition) is 1. The smallest absolute Gasteiger partial charge is 0.362 e. The standard InChI is InChI=1S/C50H93NO7/c1-6-8-10-12-14-16-18-19-20-21-22-23-24-25-26-27-28-29-31-33-35-37-39-41-49(53)58-46(44-56-43-42-47(50(54)55)51(3,4)5)45-57-48(52)40-38-36-34-32-30-17-15-13-11-9-7-2/h22-23,25-26,46-47H,6-21,24,27-45H2,1-5H3/p+1/b23-22+,26-25+. The molecule has 0 rings (SSSR count). The number of carbonyl (C=O) groups excluding carboxylic acids is 2. The molecular weight excluding hydrogens is 727 g/mol. The van der Waals surface area contributed by atoms with Gasteiger partial charge in [0.2, 0.25) is 0 Å². The van der Waals surface area contributed by atoms with Crippen molar-refractivity contribution in [2.24, 2.45) is 0 Å². The van der Waals surface area contributed by atoms with E-state index in [9.17, 15) is 19.5 Å². The van der Waals surface area contributed by atoms with Crippen molar-refractivity contribution in [1.29, 1.82) is 0 Å². The highest BCUT2D eigenvalue weighted by atomic mass is 16.6. The van der Waals surface area contributed by atoms with E-state index in [0.29, 0.717) is 19.3 Å². The Hall–Kier alpha value is -2.19. The number of carboxylic acids is 1. The average Bonchev–Trinajstić information content (AvgIpc) is 3.18. The molecule has 8 heteroatoms. The van der Waals surface area contributed by atoms with Crippen LogP contribution >= 0.6 is 0 Å². The molecule has 0 bridgehead atoms. The van der Waals surface area contributed by atoms with Crippen LogP contribution in [0.4, 0.5) is 0 Å². The van der Waals surface area contributed by atoms with Gasteiger partial charge in [0.05, 0.1) is 34.4 Å². The largest absolute Gasteiger partial charge is 0.477 e. The summed E-state index contributed by atoms with van der Waals surface area (Å²) in [5.41, 5.74) is 0. The number of rotatable bonds is 44. The van der Waals surface area contributed by atoms with Crippen molar-refractivity contribution < 1.29 is 38.2 Å². The minimum Gasteiger partial charge on any atom is -0.477 e. The van der Waals surface area contributed by atoms with E-state index >= 15 is 0 Å². The molecule has 0 aromatic heterocycles. The summed E-state index contributed by atoms with van der Waals surface area (Å²) < 4.78 is 17.3. The molecule has 0 heterocycles. The van der Waals surface area contributed by atoms with E-state index in [1.165, 1.54) is 141 Å². The van der Waals surface area contributed by atoms with E-state index in [1.807, 2.05) is 21.1 Å². The van der Waals surface area contributed by atoms with Gasteiger partial charge in [-0.2, -0.15) is 0 Å². The van der Waals surface area contributed by atoms with E-state index in [1.54, 1.807) is 0 Å². The Balaban J connectivity index is 4.22. The fourth-order valence-electron chi connectivity index (χ4n) is 7.30. The number of nitrogens with zero attached hydrogens (tertiary/aromatic N) is 1. The first-order valence-corrected chi connectivity index (χ1v) is 24.4. The zero-order valence-electron chi connectivity index (χ0n) is 38.8. The molecule has 340 valence electrons. The lowest BCUT2D eigenvalue weighted by Crippen LogP contribution is -2.50. The molecule has 0 aliphatic rings. The SMILES string of the molecule is CCCCCCCCCCC/C=C/C/C=C/CCCCCCCCCC(=O)OC(COCCC(C(=O)O)[N+](C)(C)C)COC(=O)CCCCCCCCCCCCC. The number of ether oxygens (including phenoxy) is 3. The number of aliphatic carboxylic acids is 1. The molecule has 2 atom stereocenters. The average molecular weight is 821 g/mol. The number of carboxylic acid groups (broad SMARTS) is 1. The number of allylic oxidation sites excluding steroid dienone is 4. The van der Waals surface area contributed by atoms with Crippen LogP contribution in [0, 0.1) is 0 Å². The number of likely N-dealkylation sites (N-methyl/N-ethyl adjacent to an activating group) is 1. The third kappa shape index (κ3) is 39.3. The van der Waals surface area contributed by atoms with Crippen LogP contribution in [-0.4, -0.2) is 80.6 Å². The molecule has 2 unspecified atom stereocenters. The van der Waals surface area contributed by atoms with Crippen molar-refractivity contribution in [3.05, 3.63) is 24.3 Å². The van der Waals surface area contributed by atoms with Gasteiger partial charge in [0.1, 0.15) is 6.61 Å². The van der Waals surface area contributed by atoms with Crippen molar-refractivity contribution in [2.45, 2.75) is 238 Å². The molecule has 0 aliphatic carbocycles. The van der Waals surface area contributed by atoms with Crippen LogP contribution in [0.3, 0.4) is 0 Å². The summed E-state index contributed by atoms with van der Waals surface area (Å²) in [7, 11) is 5.53. The number of quaternary nitrogens is 1. The molecule has 1 N–H and O–H groups in total. The molecule has 0 aromatic rings. The van der Waals surface area contributed by atoms with Gasteiger partial charge in [0, 0.05) is 19.3 Å². The Morgan fingerprint density at radius 1 is 0.517 bits per heavy atom. The van der Waals surface area contributed by atoms with Gasteiger partial charge in [0.25, 0.3) is 0 Å². The molecule has 0 spiro atoms. The molecule has 0 aromatic carbocycles. The van der Waals surface area contributed by atoms with E-state index in [-0.39, 0.29) is 36.2 Å². The number of unbranched alkanes of at least 4 members (excludes halogenated alkanes) is 26. The predicted octanol–water partition coefficient (Wildman–Crippen LogP) is 13.6. The summed E-state index contributed by atoms with van der Waals surface area (Å²) in [6, 6.07) is -0.613. The van der Waals surface area contributed by atoms with Gasteiger partial charge in [-0.3, -0.25) is 9.59 Å². The molecule has 58 heavy (non-hydrogen) atoms. The summed E-state index contributed by atoms with van der Waals surface area (Å²) in [6.45, 7) is 4.74. The van der Waals surface area contributed by atoms with E-state index in [4.69, 9.17) is 14.2 Å². The van der Waals surface area contributed by atoms with Crippen LogP contribution in [-0.2, 0) is 28.6 Å². The van der Waals surface area contributed by atoms with Gasteiger partial charge < -0.3 is 23.8 Å². The predicted molar refractivity (Wildman–Crippen MR) is 243 cm³/mol. The lowest BCUT2D eigenvalue weighted by Gasteiger charge is -2.31. The fourth-order valence-corrected chi connectivity index (χ4v) is 7.30. The molecule has 0 aliphatic heterocycles. The minimum absolute atomic E-state index is 0.0500. The summed E-state index contributed by atoms with van der Waals surface area (Å²) >= 11 is 0. The Morgan fingerprint density at radius 2 is 0.914 bits per heavy atom. The highest BCUT2D eigenvalue weighted by molar-refractivity contribution is 5.72. The Labute approximate surface area is 358 Å². The van der Waals surface area contributed by atoms with E-state index in [0.717, 1.165) is 51.4 Å². The number of esters is 2. The molecular formula is C50H94NO7+. The second-order valence-corrected chi connectivity index (χ2v) is 17.7. The fraction of sp³-hybridized carbons (Fsp3) is 0.860. The maximum atomic E-state index is 12.8. The number of hydrogen-bond acceptors (Lipinski definition) is 6.